The first-order chi connectivity index (χ1) is 16.1. The molecule has 2 aromatic heterocycles. The van der Waals surface area contributed by atoms with E-state index in [-0.39, 0.29) is 11.7 Å². The number of carbonyl (C=O) groups is 2. The number of hydrogen-bond acceptors (Lipinski definition) is 4. The molecule has 2 heterocycles. The molecule has 0 fully saturated rings. The maximum Gasteiger partial charge on any atom is 0.371 e. The van der Waals surface area contributed by atoms with E-state index >= 15 is 0 Å². The number of fused-ring (bicyclic) bond motifs is 2. The first kappa shape index (κ1) is 20.3. The number of nitrogens with one attached hydrogen (secondary N) is 1. The minimum Gasteiger partial charge on any atom is -0.475 e. The highest BCUT2D eigenvalue weighted by molar-refractivity contribution is 6.01. The quantitative estimate of drug-likeness (QED) is 0.292. The number of furan rings is 1. The fourth-order valence-corrected chi connectivity index (χ4v) is 3.81. The third-order valence-corrected chi connectivity index (χ3v) is 5.40. The SMILES string of the molecule is O=C(N/N=C\c1cn(Cc2ccc(C(=O)O)o2)c2ccccc12)c1ccc2ccccc2c1. The van der Waals surface area contributed by atoms with Gasteiger partial charge in [-0.05, 0) is 41.1 Å². The van der Waals surface area contributed by atoms with Gasteiger partial charge in [0.25, 0.3) is 5.91 Å². The zero-order valence-corrected chi connectivity index (χ0v) is 17.4. The first-order valence-electron chi connectivity index (χ1n) is 10.3. The Morgan fingerprint density at radius 1 is 0.970 bits per heavy atom. The van der Waals surface area contributed by atoms with Gasteiger partial charge in [0.05, 0.1) is 12.8 Å². The van der Waals surface area contributed by atoms with Gasteiger partial charge < -0.3 is 14.1 Å². The predicted octanol–water partition coefficient (Wildman–Crippen LogP) is 4.90. The lowest BCUT2D eigenvalue weighted by Gasteiger charge is -2.02. The van der Waals surface area contributed by atoms with E-state index in [2.05, 4.69) is 10.5 Å². The highest BCUT2D eigenvalue weighted by Gasteiger charge is 2.12. The summed E-state index contributed by atoms with van der Waals surface area (Å²) in [5, 5.41) is 16.2. The molecule has 33 heavy (non-hydrogen) atoms. The molecule has 5 aromatic rings. The van der Waals surface area contributed by atoms with E-state index < -0.39 is 5.97 Å². The molecule has 162 valence electrons. The van der Waals surface area contributed by atoms with Crippen LogP contribution in [-0.4, -0.2) is 27.8 Å². The van der Waals surface area contributed by atoms with Crippen LogP contribution in [0.1, 0.15) is 32.2 Å². The van der Waals surface area contributed by atoms with E-state index in [1.165, 1.54) is 6.07 Å². The molecule has 0 saturated carbocycles. The van der Waals surface area contributed by atoms with Crippen LogP contribution >= 0.6 is 0 Å². The Morgan fingerprint density at radius 2 is 1.76 bits per heavy atom. The summed E-state index contributed by atoms with van der Waals surface area (Å²) in [6.45, 7) is 0.366. The standard InChI is InChI=1S/C26H19N3O4/c30-25(19-10-9-17-5-1-2-6-18(17)13-19)28-27-14-20-15-29(23-8-4-3-7-22(20)23)16-21-11-12-24(33-21)26(31)32/h1-15H,16H2,(H,28,30)(H,31,32)/b27-14-. The molecule has 0 bridgehead atoms. The molecule has 3 aromatic carbocycles. The van der Waals surface area contributed by atoms with Gasteiger partial charge in [0, 0.05) is 28.2 Å². The Morgan fingerprint density at radius 3 is 2.58 bits per heavy atom. The summed E-state index contributed by atoms with van der Waals surface area (Å²) in [5.74, 6) is -0.966. The second-order valence-corrected chi connectivity index (χ2v) is 7.56. The van der Waals surface area contributed by atoms with Crippen LogP contribution in [0.25, 0.3) is 21.7 Å². The van der Waals surface area contributed by atoms with Crippen LogP contribution in [0.4, 0.5) is 0 Å². The monoisotopic (exact) mass is 437 g/mol. The number of rotatable bonds is 6. The number of aromatic carboxylic acids is 1. The lowest BCUT2D eigenvalue weighted by molar-refractivity contribution is 0.0660. The molecule has 7 nitrogen and oxygen atoms in total. The molecule has 0 radical (unpaired) electrons. The van der Waals surface area contributed by atoms with Crippen molar-refractivity contribution in [2.24, 2.45) is 5.10 Å². The average molecular weight is 437 g/mol. The number of nitrogens with zero attached hydrogens (tertiary/aromatic N) is 2. The number of carbonyl (C=O) groups excluding carboxylic acids is 1. The highest BCUT2D eigenvalue weighted by atomic mass is 16.4. The van der Waals surface area contributed by atoms with Crippen LogP contribution in [0, 0.1) is 0 Å². The maximum absolute atomic E-state index is 12.6. The normalized spacial score (nSPS) is 11.4. The number of hydrazone groups is 1. The summed E-state index contributed by atoms with van der Waals surface area (Å²) < 4.78 is 7.34. The van der Waals surface area contributed by atoms with E-state index in [9.17, 15) is 9.59 Å². The molecule has 0 saturated heterocycles. The summed E-state index contributed by atoms with van der Waals surface area (Å²) in [4.78, 5) is 23.6. The van der Waals surface area contributed by atoms with Gasteiger partial charge in [-0.15, -0.1) is 0 Å². The Balaban J connectivity index is 1.36. The Labute approximate surface area is 188 Å². The predicted molar refractivity (Wildman–Crippen MR) is 126 cm³/mol. The number of carboxylic acid groups (broad SMARTS) is 1. The van der Waals surface area contributed by atoms with Crippen LogP contribution in [0.5, 0.6) is 0 Å². The zero-order valence-electron chi connectivity index (χ0n) is 17.4. The van der Waals surface area contributed by atoms with Gasteiger partial charge >= 0.3 is 5.97 Å². The van der Waals surface area contributed by atoms with Crippen LogP contribution in [0.2, 0.25) is 0 Å². The van der Waals surface area contributed by atoms with E-state index in [4.69, 9.17) is 9.52 Å². The van der Waals surface area contributed by atoms with Crippen molar-refractivity contribution in [3.05, 3.63) is 108 Å². The van der Waals surface area contributed by atoms with Gasteiger partial charge in [-0.25, -0.2) is 10.2 Å². The number of para-hydroxylation sites is 1. The fraction of sp³-hybridized carbons (Fsp3) is 0.0385. The van der Waals surface area contributed by atoms with Gasteiger partial charge in [0.2, 0.25) is 5.76 Å². The van der Waals surface area contributed by atoms with Crippen molar-refractivity contribution < 1.29 is 19.1 Å². The third kappa shape index (κ3) is 4.12. The molecular weight excluding hydrogens is 418 g/mol. The minimum absolute atomic E-state index is 0.0975. The van der Waals surface area contributed by atoms with E-state index in [0.717, 1.165) is 27.2 Å². The summed E-state index contributed by atoms with van der Waals surface area (Å²) in [5.41, 5.74) is 4.87. The highest BCUT2D eigenvalue weighted by Crippen LogP contribution is 2.22. The Hall–Kier alpha value is -4.65. The van der Waals surface area contributed by atoms with Crippen LogP contribution in [-0.2, 0) is 6.54 Å². The molecule has 7 heteroatoms. The van der Waals surface area contributed by atoms with Gasteiger partial charge in [0.15, 0.2) is 0 Å². The zero-order chi connectivity index (χ0) is 22.8. The van der Waals surface area contributed by atoms with E-state index in [1.807, 2.05) is 71.4 Å². The lowest BCUT2D eigenvalue weighted by Crippen LogP contribution is -2.17. The second-order valence-electron chi connectivity index (χ2n) is 7.56. The van der Waals surface area contributed by atoms with Crippen molar-refractivity contribution in [2.75, 3.05) is 0 Å². The maximum atomic E-state index is 12.6. The summed E-state index contributed by atoms with van der Waals surface area (Å²) >= 11 is 0. The van der Waals surface area contributed by atoms with Crippen molar-refractivity contribution in [2.45, 2.75) is 6.54 Å². The summed E-state index contributed by atoms with van der Waals surface area (Å²) in [7, 11) is 0. The molecule has 5 rings (SSSR count). The Bertz CT molecular complexity index is 1530. The average Bonchev–Trinajstić information content (AvgIpc) is 3.44. The molecule has 0 spiro atoms. The van der Waals surface area contributed by atoms with Crippen LogP contribution in [0.15, 0.2) is 94.6 Å². The summed E-state index contributed by atoms with van der Waals surface area (Å²) in [6.07, 6.45) is 3.49. The van der Waals surface area contributed by atoms with Crippen molar-refractivity contribution in [3.63, 3.8) is 0 Å². The molecule has 0 aliphatic carbocycles. The van der Waals surface area contributed by atoms with Crippen molar-refractivity contribution >= 4 is 39.8 Å². The Kier molecular flexibility index (Phi) is 5.20. The second kappa shape index (κ2) is 8.47. The van der Waals surface area contributed by atoms with Crippen molar-refractivity contribution in [1.29, 1.82) is 0 Å². The van der Waals surface area contributed by atoms with Gasteiger partial charge in [-0.2, -0.15) is 5.10 Å². The molecule has 0 aliphatic heterocycles. The van der Waals surface area contributed by atoms with Crippen molar-refractivity contribution in [3.8, 4) is 0 Å². The smallest absolute Gasteiger partial charge is 0.371 e. The number of carboxylic acids is 1. The van der Waals surface area contributed by atoms with E-state index in [0.29, 0.717) is 17.9 Å². The number of aromatic nitrogens is 1. The molecule has 0 unspecified atom stereocenters. The number of hydrogen-bond donors (Lipinski definition) is 2. The summed E-state index contributed by atoms with van der Waals surface area (Å²) in [6, 6.07) is 24.2. The number of benzene rings is 3. The molecular formula is C26H19N3O4. The van der Waals surface area contributed by atoms with E-state index in [1.54, 1.807) is 18.3 Å². The molecule has 0 aliphatic rings. The van der Waals surface area contributed by atoms with Crippen molar-refractivity contribution in [1.82, 2.24) is 9.99 Å². The van der Waals surface area contributed by atoms with Gasteiger partial charge in [-0.3, -0.25) is 4.79 Å². The minimum atomic E-state index is -1.10. The largest absolute Gasteiger partial charge is 0.475 e. The van der Waals surface area contributed by atoms with Gasteiger partial charge in [-0.1, -0.05) is 48.5 Å². The third-order valence-electron chi connectivity index (χ3n) is 5.40. The molecule has 0 atom stereocenters. The topological polar surface area (TPSA) is 96.8 Å². The van der Waals surface area contributed by atoms with Crippen LogP contribution < -0.4 is 5.43 Å². The molecule has 1 amide bonds. The van der Waals surface area contributed by atoms with Gasteiger partial charge in [0.1, 0.15) is 5.76 Å². The lowest BCUT2D eigenvalue weighted by atomic mass is 10.1. The fourth-order valence-electron chi connectivity index (χ4n) is 3.81. The number of amides is 1. The first-order valence-corrected chi connectivity index (χ1v) is 10.3. The molecule has 2 N–H and O–H groups in total. The van der Waals surface area contributed by atoms with Crippen LogP contribution in [0.3, 0.4) is 0 Å².